The summed E-state index contributed by atoms with van der Waals surface area (Å²) in [7, 11) is -1.03. The van der Waals surface area contributed by atoms with E-state index in [1.165, 1.54) is 16.1 Å². The number of likely N-dealkylation sites (N-methyl/N-ethyl adjacent to an activating group) is 1. The molecule has 1 aromatic heterocycles. The fraction of sp³-hybridized carbons (Fsp3) is 0.458. The number of unbranched alkanes of at least 4 members (excludes halogenated alkanes) is 1. The second-order valence-electron chi connectivity index (χ2n) is 9.02. The summed E-state index contributed by atoms with van der Waals surface area (Å²) in [6.07, 6.45) is 4.16. The van der Waals surface area contributed by atoms with Crippen LogP contribution < -0.4 is 5.14 Å². The Kier molecular flexibility index (Phi) is 10.2. The van der Waals surface area contributed by atoms with Crippen LogP contribution in [0.1, 0.15) is 18.6 Å². The molecule has 0 atom stereocenters. The van der Waals surface area contributed by atoms with E-state index in [0.29, 0.717) is 23.1 Å². The Balaban J connectivity index is 0.000000695. The van der Waals surface area contributed by atoms with E-state index in [1.807, 2.05) is 18.2 Å². The second-order valence-corrected chi connectivity index (χ2v) is 11.1. The third-order valence-corrected chi connectivity index (χ3v) is 6.07. The number of carbonyl (C=O) groups excluding carboxylic acids is 2. The fourth-order valence-electron chi connectivity index (χ4n) is 3.83. The number of nitrogens with two attached hydrogens (primary N) is 1. The number of hydrogen-bond donors (Lipinski definition) is 1. The van der Waals surface area contributed by atoms with E-state index in [-0.39, 0.29) is 18.5 Å². The number of imide groups is 1. The lowest BCUT2D eigenvalue weighted by Gasteiger charge is -2.32. The van der Waals surface area contributed by atoms with Crippen molar-refractivity contribution in [3.05, 3.63) is 47.2 Å². The highest BCUT2D eigenvalue weighted by molar-refractivity contribution is 7.88. The van der Waals surface area contributed by atoms with Gasteiger partial charge < -0.3 is 14.2 Å². The number of primary sulfonamides is 1. The van der Waals surface area contributed by atoms with Crippen molar-refractivity contribution in [3.63, 3.8) is 0 Å². The van der Waals surface area contributed by atoms with Crippen molar-refractivity contribution >= 4 is 39.8 Å². The molecule has 13 heteroatoms. The minimum atomic E-state index is -3.17. The van der Waals surface area contributed by atoms with Gasteiger partial charge in [0.15, 0.2) is 0 Å². The Bertz CT molecular complexity index is 1180. The third-order valence-electron chi connectivity index (χ3n) is 5.82. The molecule has 0 spiro atoms. The van der Waals surface area contributed by atoms with Crippen molar-refractivity contribution in [2.75, 3.05) is 59.1 Å². The number of carbonyl (C=O) groups is 2. The molecule has 0 unspecified atom stereocenters. The first kappa shape index (κ1) is 28.8. The number of rotatable bonds is 8. The molecular weight excluding hydrogens is 520 g/mol. The number of nitrogens with zero attached hydrogens (tertiary/aromatic N) is 5. The summed E-state index contributed by atoms with van der Waals surface area (Å²) in [5.74, 6) is 0.961. The monoisotopic (exact) mass is 552 g/mol. The molecule has 202 valence electrons. The van der Waals surface area contributed by atoms with Crippen LogP contribution in [0.25, 0.3) is 11.3 Å². The molecule has 3 amide bonds. The maximum absolute atomic E-state index is 12.6. The third kappa shape index (κ3) is 9.56. The van der Waals surface area contributed by atoms with Gasteiger partial charge in [-0.1, -0.05) is 11.6 Å². The molecule has 0 saturated carbocycles. The van der Waals surface area contributed by atoms with E-state index in [4.69, 9.17) is 16.0 Å². The number of hydrazone groups is 1. The SMILES string of the molecule is CN1CCN(CCCCN2C(=O)CN(/N=C/c3ccc(-c4ccc(Cl)cc4)o3)C2=O)CC1.CS(N)(=O)=O. The zero-order chi connectivity index (χ0) is 27.0. The molecule has 0 aliphatic carbocycles. The van der Waals surface area contributed by atoms with Crippen LogP contribution in [0.3, 0.4) is 0 Å². The normalized spacial score (nSPS) is 17.5. The van der Waals surface area contributed by atoms with Crippen LogP contribution in [0.4, 0.5) is 4.79 Å². The molecule has 0 radical (unpaired) electrons. The zero-order valence-electron chi connectivity index (χ0n) is 21.0. The van der Waals surface area contributed by atoms with E-state index in [9.17, 15) is 18.0 Å². The summed E-state index contributed by atoms with van der Waals surface area (Å²) in [5.41, 5.74) is 0.893. The van der Waals surface area contributed by atoms with Crippen LogP contribution in [-0.4, -0.2) is 105 Å². The van der Waals surface area contributed by atoms with Gasteiger partial charge in [-0.25, -0.2) is 23.4 Å². The molecule has 1 aromatic carbocycles. The fourth-order valence-corrected chi connectivity index (χ4v) is 3.96. The van der Waals surface area contributed by atoms with E-state index in [0.717, 1.165) is 57.4 Å². The highest BCUT2D eigenvalue weighted by Gasteiger charge is 2.35. The first-order valence-electron chi connectivity index (χ1n) is 11.9. The lowest BCUT2D eigenvalue weighted by molar-refractivity contribution is -0.125. The van der Waals surface area contributed by atoms with Gasteiger partial charge in [0.1, 0.15) is 18.1 Å². The predicted molar refractivity (Wildman–Crippen MR) is 143 cm³/mol. The van der Waals surface area contributed by atoms with E-state index in [2.05, 4.69) is 27.1 Å². The lowest BCUT2D eigenvalue weighted by Crippen LogP contribution is -2.44. The molecule has 2 fully saturated rings. The summed E-state index contributed by atoms with van der Waals surface area (Å²) >= 11 is 5.92. The van der Waals surface area contributed by atoms with E-state index in [1.54, 1.807) is 18.2 Å². The molecule has 3 heterocycles. The molecular formula is C24H33ClN6O5S. The molecule has 2 saturated heterocycles. The summed E-state index contributed by atoms with van der Waals surface area (Å²) in [6, 6.07) is 10.5. The van der Waals surface area contributed by atoms with Crippen molar-refractivity contribution in [3.8, 4) is 11.3 Å². The Morgan fingerprint density at radius 2 is 1.65 bits per heavy atom. The minimum absolute atomic E-state index is 0.0431. The maximum atomic E-state index is 12.6. The van der Waals surface area contributed by atoms with Crippen LogP contribution in [0, 0.1) is 0 Å². The molecule has 2 aromatic rings. The summed E-state index contributed by atoms with van der Waals surface area (Å²) in [6.45, 7) is 5.72. The number of halogens is 1. The van der Waals surface area contributed by atoms with Gasteiger partial charge in [-0.15, -0.1) is 0 Å². The standard InChI is InChI=1S/C23H28ClN5O3.CH5NO2S/c1-26-12-14-27(15-13-26)10-2-3-11-28-22(30)17-29(23(28)31)25-16-20-8-9-21(32-20)18-4-6-19(24)7-5-18;1-5(2,3)4/h4-9,16H,2-3,10-15,17H2,1H3;1H3,(H2,2,3,4)/b25-16+;. The highest BCUT2D eigenvalue weighted by atomic mass is 35.5. The lowest BCUT2D eigenvalue weighted by atomic mass is 10.2. The van der Waals surface area contributed by atoms with Gasteiger partial charge in [0.05, 0.1) is 12.5 Å². The van der Waals surface area contributed by atoms with Crippen molar-refractivity contribution in [2.45, 2.75) is 12.8 Å². The maximum Gasteiger partial charge on any atom is 0.347 e. The molecule has 2 N–H and O–H groups in total. The van der Waals surface area contributed by atoms with Gasteiger partial charge in [-0.3, -0.25) is 9.69 Å². The van der Waals surface area contributed by atoms with Crippen LogP contribution in [0.15, 0.2) is 45.9 Å². The molecule has 4 rings (SSSR count). The topological polar surface area (TPSA) is 133 Å². The molecule has 11 nitrogen and oxygen atoms in total. The summed E-state index contributed by atoms with van der Waals surface area (Å²) in [4.78, 5) is 30.9. The first-order chi connectivity index (χ1) is 17.5. The minimum Gasteiger partial charge on any atom is -0.455 e. The second kappa shape index (κ2) is 13.2. The molecule has 0 bridgehead atoms. The van der Waals surface area contributed by atoms with Crippen LogP contribution in [0.5, 0.6) is 0 Å². The van der Waals surface area contributed by atoms with Crippen molar-refractivity contribution in [1.82, 2.24) is 19.7 Å². The van der Waals surface area contributed by atoms with Gasteiger partial charge in [-0.2, -0.15) is 5.10 Å². The number of urea groups is 1. The first-order valence-corrected chi connectivity index (χ1v) is 14.2. The Morgan fingerprint density at radius 1 is 1.03 bits per heavy atom. The van der Waals surface area contributed by atoms with Gasteiger partial charge in [0, 0.05) is 43.3 Å². The number of furan rings is 1. The van der Waals surface area contributed by atoms with E-state index >= 15 is 0 Å². The van der Waals surface area contributed by atoms with Crippen molar-refractivity contribution in [1.29, 1.82) is 0 Å². The van der Waals surface area contributed by atoms with Crippen molar-refractivity contribution in [2.24, 2.45) is 10.2 Å². The van der Waals surface area contributed by atoms with Gasteiger partial charge >= 0.3 is 6.03 Å². The summed E-state index contributed by atoms with van der Waals surface area (Å²) < 4.78 is 24.6. The van der Waals surface area contributed by atoms with Gasteiger partial charge in [0.2, 0.25) is 10.0 Å². The van der Waals surface area contributed by atoms with Gasteiger partial charge in [-0.05, 0) is 62.8 Å². The number of benzene rings is 1. The quantitative estimate of drug-likeness (QED) is 0.301. The molecule has 2 aliphatic rings. The van der Waals surface area contributed by atoms with Gasteiger partial charge in [0.25, 0.3) is 5.91 Å². The Morgan fingerprint density at radius 3 is 2.30 bits per heavy atom. The average Bonchev–Trinajstić information content (AvgIpc) is 3.40. The molecule has 37 heavy (non-hydrogen) atoms. The molecule has 2 aliphatic heterocycles. The number of amides is 3. The predicted octanol–water partition coefficient (Wildman–Crippen LogP) is 2.13. The number of piperazine rings is 1. The average molecular weight is 553 g/mol. The largest absolute Gasteiger partial charge is 0.455 e. The smallest absolute Gasteiger partial charge is 0.347 e. The number of hydrogen-bond acceptors (Lipinski definition) is 8. The van der Waals surface area contributed by atoms with Crippen LogP contribution in [-0.2, 0) is 14.8 Å². The zero-order valence-corrected chi connectivity index (χ0v) is 22.6. The van der Waals surface area contributed by atoms with Crippen molar-refractivity contribution < 1.29 is 22.4 Å². The van der Waals surface area contributed by atoms with Crippen LogP contribution in [0.2, 0.25) is 5.02 Å². The van der Waals surface area contributed by atoms with E-state index < -0.39 is 10.0 Å². The van der Waals surface area contributed by atoms with Crippen LogP contribution >= 0.6 is 11.6 Å². The highest BCUT2D eigenvalue weighted by Crippen LogP contribution is 2.23. The number of sulfonamides is 1. The Hall–Kier alpha value is -2.77. The summed E-state index contributed by atoms with van der Waals surface area (Å²) in [5, 5.41) is 10.3. The Labute approximate surface area is 222 Å².